The van der Waals surface area contributed by atoms with Crippen LogP contribution < -0.4 is 37.6 Å². The molecule has 0 bridgehead atoms. The topological polar surface area (TPSA) is 201 Å². The van der Waals surface area contributed by atoms with Gasteiger partial charge in [0.1, 0.15) is 24.2 Å². The van der Waals surface area contributed by atoms with Crippen LogP contribution in [0.4, 0.5) is 0 Å². The molecule has 1 aliphatic rings. The van der Waals surface area contributed by atoms with Crippen molar-refractivity contribution in [1.29, 1.82) is 0 Å². The Morgan fingerprint density at radius 1 is 0.780 bits per heavy atom. The molecule has 6 amide bonds. The fourth-order valence-corrected chi connectivity index (χ4v) is 6.07. The maximum absolute atomic E-state index is 13.8. The van der Waals surface area contributed by atoms with E-state index in [0.29, 0.717) is 18.6 Å². The van der Waals surface area contributed by atoms with Crippen molar-refractivity contribution in [3.05, 3.63) is 71.8 Å². The first kappa shape index (κ1) is 40.0. The van der Waals surface area contributed by atoms with Crippen LogP contribution in [0.5, 0.6) is 0 Å². The van der Waals surface area contributed by atoms with Gasteiger partial charge in [-0.15, -0.1) is 0 Å². The largest absolute Gasteiger partial charge is 0.368 e. The van der Waals surface area contributed by atoms with Crippen molar-refractivity contribution in [3.63, 3.8) is 0 Å². The Morgan fingerprint density at radius 2 is 1.34 bits per heavy atom. The lowest BCUT2D eigenvalue weighted by Crippen LogP contribution is -2.58. The summed E-state index contributed by atoms with van der Waals surface area (Å²) in [6, 6.07) is 14.1. The van der Waals surface area contributed by atoms with E-state index in [2.05, 4.69) is 31.9 Å². The number of carbonyl (C=O) groups is 6. The average molecular weight is 710 g/mol. The molecule has 1 fully saturated rings. The molecule has 5 atom stereocenters. The summed E-state index contributed by atoms with van der Waals surface area (Å²) >= 11 is 1.51. The van der Waals surface area contributed by atoms with Gasteiger partial charge in [0, 0.05) is 12.8 Å². The molecule has 0 aliphatic carbocycles. The highest BCUT2D eigenvalue weighted by atomic mass is 32.2. The van der Waals surface area contributed by atoms with Gasteiger partial charge in [0.05, 0.1) is 12.6 Å². The van der Waals surface area contributed by atoms with E-state index in [1.807, 2.05) is 80.8 Å². The van der Waals surface area contributed by atoms with Crippen LogP contribution in [0, 0.1) is 5.92 Å². The molecule has 8 N–H and O–H groups in total. The second kappa shape index (κ2) is 20.9. The van der Waals surface area contributed by atoms with E-state index in [1.165, 1.54) is 11.8 Å². The molecule has 50 heavy (non-hydrogen) atoms. The van der Waals surface area contributed by atoms with E-state index < -0.39 is 66.3 Å². The predicted octanol–water partition coefficient (Wildman–Crippen LogP) is 0.564. The summed E-state index contributed by atoms with van der Waals surface area (Å²) < 4.78 is 0. The molecule has 0 unspecified atom stereocenters. The van der Waals surface area contributed by atoms with Crippen molar-refractivity contribution in [2.75, 3.05) is 25.1 Å². The van der Waals surface area contributed by atoms with Crippen LogP contribution in [0.15, 0.2) is 60.7 Å². The van der Waals surface area contributed by atoms with E-state index in [9.17, 15) is 28.8 Å². The number of hydrogen-bond acceptors (Lipinski definition) is 8. The second-order valence-corrected chi connectivity index (χ2v) is 13.8. The minimum Gasteiger partial charge on any atom is -0.368 e. The summed E-state index contributed by atoms with van der Waals surface area (Å²) in [5.74, 6) is -2.64. The fourth-order valence-electron chi connectivity index (χ4n) is 5.60. The molecule has 0 spiro atoms. The van der Waals surface area contributed by atoms with Gasteiger partial charge in [-0.1, -0.05) is 74.5 Å². The lowest BCUT2D eigenvalue weighted by Gasteiger charge is -2.25. The van der Waals surface area contributed by atoms with Crippen LogP contribution in [0.2, 0.25) is 0 Å². The van der Waals surface area contributed by atoms with Crippen LogP contribution in [-0.2, 0) is 41.6 Å². The van der Waals surface area contributed by atoms with Gasteiger partial charge in [-0.3, -0.25) is 28.8 Å². The van der Waals surface area contributed by atoms with Crippen molar-refractivity contribution in [2.45, 2.75) is 82.6 Å². The maximum Gasteiger partial charge on any atom is 0.243 e. The number of amides is 6. The number of benzene rings is 2. The number of nitrogens with one attached hydrogen (secondary N) is 6. The van der Waals surface area contributed by atoms with Crippen LogP contribution >= 0.6 is 11.8 Å². The third-order valence-electron chi connectivity index (χ3n) is 8.26. The van der Waals surface area contributed by atoms with E-state index in [4.69, 9.17) is 5.73 Å². The van der Waals surface area contributed by atoms with Crippen LogP contribution in [-0.4, -0.2) is 90.8 Å². The van der Waals surface area contributed by atoms with Gasteiger partial charge >= 0.3 is 0 Å². The van der Waals surface area contributed by atoms with Gasteiger partial charge in [0.2, 0.25) is 35.4 Å². The number of rotatable bonds is 20. The molecule has 0 radical (unpaired) electrons. The van der Waals surface area contributed by atoms with Crippen molar-refractivity contribution >= 4 is 47.2 Å². The van der Waals surface area contributed by atoms with Crippen molar-refractivity contribution in [2.24, 2.45) is 11.7 Å². The normalized spacial score (nSPS) is 16.4. The van der Waals surface area contributed by atoms with Gasteiger partial charge in [-0.05, 0) is 61.3 Å². The minimum absolute atomic E-state index is 0.0260. The molecule has 1 aliphatic heterocycles. The van der Waals surface area contributed by atoms with Crippen LogP contribution in [0.1, 0.15) is 50.7 Å². The van der Waals surface area contributed by atoms with Gasteiger partial charge < -0.3 is 37.6 Å². The zero-order chi connectivity index (χ0) is 36.5. The molecule has 0 aromatic heterocycles. The zero-order valence-electron chi connectivity index (χ0n) is 29.0. The van der Waals surface area contributed by atoms with Crippen LogP contribution in [0.3, 0.4) is 0 Å². The molecule has 2 aromatic carbocycles. The Balaban J connectivity index is 1.71. The molecule has 1 heterocycles. The third kappa shape index (κ3) is 13.8. The van der Waals surface area contributed by atoms with Crippen molar-refractivity contribution in [1.82, 2.24) is 31.9 Å². The monoisotopic (exact) mass is 709 g/mol. The highest BCUT2D eigenvalue weighted by Crippen LogP contribution is 2.11. The number of nitrogens with two attached hydrogens (primary N) is 1. The third-order valence-corrected chi connectivity index (χ3v) is 8.90. The SMILES string of the molecule is CSCC[C@H](NC(=O)[C@H](CC(C)C)NC(=O)CNC(=O)[C@H](Cc1ccccc1)NC(=O)[C@H](Cc1ccccc1)NC(=O)[C@H]1CCCN1)C(N)=O. The summed E-state index contributed by atoms with van der Waals surface area (Å²) in [4.78, 5) is 78.5. The molecule has 3 rings (SSSR count). The lowest BCUT2D eigenvalue weighted by molar-refractivity contribution is -0.133. The number of thioether (sulfide) groups is 1. The van der Waals surface area contributed by atoms with E-state index in [1.54, 1.807) is 0 Å². The van der Waals surface area contributed by atoms with E-state index >= 15 is 0 Å². The Kier molecular flexibility index (Phi) is 16.8. The summed E-state index contributed by atoms with van der Waals surface area (Å²) in [6.45, 7) is 4.03. The molecule has 272 valence electrons. The summed E-state index contributed by atoms with van der Waals surface area (Å²) in [5.41, 5.74) is 7.09. The minimum atomic E-state index is -1.08. The number of hydrogen-bond donors (Lipinski definition) is 7. The Labute approximate surface area is 298 Å². The molecule has 13 nitrogen and oxygen atoms in total. The Hall–Kier alpha value is -4.43. The molecule has 14 heteroatoms. The van der Waals surface area contributed by atoms with E-state index in [0.717, 1.165) is 24.1 Å². The molecule has 1 saturated heterocycles. The molecule has 2 aromatic rings. The first-order valence-corrected chi connectivity index (χ1v) is 18.4. The highest BCUT2D eigenvalue weighted by Gasteiger charge is 2.31. The Morgan fingerprint density at radius 3 is 1.86 bits per heavy atom. The summed E-state index contributed by atoms with van der Waals surface area (Å²) in [5, 5.41) is 16.7. The fraction of sp³-hybridized carbons (Fsp3) is 0.500. The highest BCUT2D eigenvalue weighted by molar-refractivity contribution is 7.98. The summed E-state index contributed by atoms with van der Waals surface area (Å²) in [6.07, 6.45) is 4.37. The predicted molar refractivity (Wildman–Crippen MR) is 194 cm³/mol. The second-order valence-electron chi connectivity index (χ2n) is 12.9. The standard InChI is InChI=1S/C36H51N7O6S/c1-23(2)19-28(35(48)41-26(32(37)45)16-18-50-3)40-31(44)22-39-33(46)29(20-24-11-6-4-7-12-24)42-36(49)30(21-25-13-8-5-9-14-25)43-34(47)27-15-10-17-38-27/h4-9,11-14,23,26-30,38H,10,15-22H2,1-3H3,(H2,37,45)(H,39,46)(H,40,44)(H,41,48)(H,42,49)(H,43,47)/t26-,27+,28-,29-,30-/m0/s1. The van der Waals surface area contributed by atoms with Gasteiger partial charge in [0.25, 0.3) is 0 Å². The zero-order valence-corrected chi connectivity index (χ0v) is 29.9. The Bertz CT molecular complexity index is 1420. The quantitative estimate of drug-likeness (QED) is 0.103. The number of carbonyl (C=O) groups excluding carboxylic acids is 6. The van der Waals surface area contributed by atoms with Gasteiger partial charge in [0.15, 0.2) is 0 Å². The van der Waals surface area contributed by atoms with Gasteiger partial charge in [-0.2, -0.15) is 11.8 Å². The van der Waals surface area contributed by atoms with Crippen molar-refractivity contribution < 1.29 is 28.8 Å². The molecular weight excluding hydrogens is 659 g/mol. The first-order valence-electron chi connectivity index (χ1n) is 17.0. The van der Waals surface area contributed by atoms with Crippen LogP contribution in [0.25, 0.3) is 0 Å². The first-order chi connectivity index (χ1) is 24.0. The smallest absolute Gasteiger partial charge is 0.243 e. The lowest BCUT2D eigenvalue weighted by atomic mass is 10.0. The molecule has 0 saturated carbocycles. The number of primary amides is 1. The van der Waals surface area contributed by atoms with Gasteiger partial charge in [-0.25, -0.2) is 0 Å². The molecular formula is C36H51N7O6S. The summed E-state index contributed by atoms with van der Waals surface area (Å²) in [7, 11) is 0. The average Bonchev–Trinajstić information content (AvgIpc) is 3.64. The van der Waals surface area contributed by atoms with Crippen molar-refractivity contribution in [3.8, 4) is 0 Å². The maximum atomic E-state index is 13.8. The van der Waals surface area contributed by atoms with E-state index in [-0.39, 0.29) is 31.1 Å².